The van der Waals surface area contributed by atoms with Crippen molar-refractivity contribution in [1.82, 2.24) is 14.5 Å². The third kappa shape index (κ3) is 3.90. The van der Waals surface area contributed by atoms with Crippen LogP contribution in [0.15, 0.2) is 65.7 Å². The molecule has 0 amide bonds. The fraction of sp³-hybridized carbons (Fsp3) is 0.286. The summed E-state index contributed by atoms with van der Waals surface area (Å²) in [5, 5.41) is 0. The Labute approximate surface area is 158 Å². The molecule has 0 aliphatic carbocycles. The van der Waals surface area contributed by atoms with Gasteiger partial charge in [0.15, 0.2) is 0 Å². The minimum atomic E-state index is -0.0690. The molecule has 0 N–H and O–H groups in total. The highest BCUT2D eigenvalue weighted by Crippen LogP contribution is 2.22. The molecule has 138 valence electrons. The SMILES string of the molecule is Cn1c(N2CCC(OCc3ccccc3)C2)nc(-c2ccncc2)cc1=O. The summed E-state index contributed by atoms with van der Waals surface area (Å²) < 4.78 is 7.66. The highest BCUT2D eigenvalue weighted by Gasteiger charge is 2.26. The van der Waals surface area contributed by atoms with Gasteiger partial charge in [-0.1, -0.05) is 30.3 Å². The van der Waals surface area contributed by atoms with Crippen LogP contribution in [-0.4, -0.2) is 33.7 Å². The molecular formula is C21H22N4O2. The topological polar surface area (TPSA) is 60.2 Å². The summed E-state index contributed by atoms with van der Waals surface area (Å²) in [4.78, 5) is 23.3. The minimum absolute atomic E-state index is 0.0690. The molecule has 1 aliphatic heterocycles. The summed E-state index contributed by atoms with van der Waals surface area (Å²) in [7, 11) is 1.76. The number of ether oxygens (including phenoxy) is 1. The van der Waals surface area contributed by atoms with E-state index in [-0.39, 0.29) is 11.7 Å². The molecular weight excluding hydrogens is 340 g/mol. The van der Waals surface area contributed by atoms with Gasteiger partial charge >= 0.3 is 0 Å². The van der Waals surface area contributed by atoms with E-state index in [1.165, 1.54) is 5.56 Å². The lowest BCUT2D eigenvalue weighted by molar-refractivity contribution is 0.0553. The van der Waals surface area contributed by atoms with Gasteiger partial charge in [0, 0.05) is 44.2 Å². The van der Waals surface area contributed by atoms with Crippen LogP contribution in [0.25, 0.3) is 11.3 Å². The highest BCUT2D eigenvalue weighted by atomic mass is 16.5. The first-order chi connectivity index (χ1) is 13.2. The lowest BCUT2D eigenvalue weighted by Gasteiger charge is -2.21. The van der Waals surface area contributed by atoms with Crippen molar-refractivity contribution in [1.29, 1.82) is 0 Å². The largest absolute Gasteiger partial charge is 0.372 e. The molecule has 0 bridgehead atoms. The van der Waals surface area contributed by atoms with E-state index in [0.717, 1.165) is 25.1 Å². The van der Waals surface area contributed by atoms with Gasteiger partial charge in [-0.15, -0.1) is 0 Å². The number of hydrogen-bond donors (Lipinski definition) is 0. The van der Waals surface area contributed by atoms with Crippen molar-refractivity contribution < 1.29 is 4.74 Å². The first-order valence-corrected chi connectivity index (χ1v) is 9.09. The molecule has 6 heteroatoms. The average molecular weight is 362 g/mol. The maximum absolute atomic E-state index is 12.4. The molecule has 2 aromatic heterocycles. The van der Waals surface area contributed by atoms with Gasteiger partial charge in [0.05, 0.1) is 18.4 Å². The smallest absolute Gasteiger partial charge is 0.255 e. The van der Waals surface area contributed by atoms with Gasteiger partial charge in [-0.2, -0.15) is 0 Å². The molecule has 1 aliphatic rings. The summed E-state index contributed by atoms with van der Waals surface area (Å²) in [6.07, 6.45) is 4.46. The maximum atomic E-state index is 12.4. The number of pyridine rings is 1. The summed E-state index contributed by atoms with van der Waals surface area (Å²) in [5.41, 5.74) is 2.66. The Bertz CT molecular complexity index is 957. The minimum Gasteiger partial charge on any atom is -0.372 e. The van der Waals surface area contributed by atoms with Crippen LogP contribution in [0.3, 0.4) is 0 Å². The predicted molar refractivity (Wildman–Crippen MR) is 105 cm³/mol. The van der Waals surface area contributed by atoms with Gasteiger partial charge in [0.2, 0.25) is 5.95 Å². The summed E-state index contributed by atoms with van der Waals surface area (Å²) >= 11 is 0. The first-order valence-electron chi connectivity index (χ1n) is 9.09. The number of hydrogen-bond acceptors (Lipinski definition) is 5. The lowest BCUT2D eigenvalue weighted by Crippen LogP contribution is -2.31. The van der Waals surface area contributed by atoms with E-state index in [1.807, 2.05) is 30.3 Å². The van der Waals surface area contributed by atoms with E-state index in [1.54, 1.807) is 30.1 Å². The predicted octanol–water partition coefficient (Wildman–Crippen LogP) is 2.64. The van der Waals surface area contributed by atoms with Gasteiger partial charge in [0.25, 0.3) is 5.56 Å². The first kappa shape index (κ1) is 17.4. The van der Waals surface area contributed by atoms with Crippen molar-refractivity contribution in [2.75, 3.05) is 18.0 Å². The zero-order valence-corrected chi connectivity index (χ0v) is 15.3. The third-order valence-corrected chi connectivity index (χ3v) is 4.84. The van der Waals surface area contributed by atoms with Crippen LogP contribution in [0.1, 0.15) is 12.0 Å². The Kier molecular flexibility index (Phi) is 4.98. The number of rotatable bonds is 5. The second kappa shape index (κ2) is 7.72. The monoisotopic (exact) mass is 362 g/mol. The van der Waals surface area contributed by atoms with Gasteiger partial charge in [-0.25, -0.2) is 4.98 Å². The van der Waals surface area contributed by atoms with Crippen molar-refractivity contribution in [2.45, 2.75) is 19.1 Å². The second-order valence-corrected chi connectivity index (χ2v) is 6.73. The van der Waals surface area contributed by atoms with E-state index in [4.69, 9.17) is 9.72 Å². The van der Waals surface area contributed by atoms with Gasteiger partial charge in [-0.3, -0.25) is 14.3 Å². The van der Waals surface area contributed by atoms with Crippen LogP contribution in [0, 0.1) is 0 Å². The van der Waals surface area contributed by atoms with E-state index >= 15 is 0 Å². The van der Waals surface area contributed by atoms with Crippen LogP contribution < -0.4 is 10.5 Å². The number of aromatic nitrogens is 3. The summed E-state index contributed by atoms with van der Waals surface area (Å²) in [5.74, 6) is 0.681. The molecule has 1 atom stereocenters. The molecule has 27 heavy (non-hydrogen) atoms. The molecule has 0 spiro atoms. The van der Waals surface area contributed by atoms with Crippen LogP contribution >= 0.6 is 0 Å². The zero-order valence-electron chi connectivity index (χ0n) is 15.3. The van der Waals surface area contributed by atoms with Crippen LogP contribution in [-0.2, 0) is 18.4 Å². The second-order valence-electron chi connectivity index (χ2n) is 6.73. The number of nitrogens with zero attached hydrogens (tertiary/aromatic N) is 4. The van der Waals surface area contributed by atoms with E-state index in [9.17, 15) is 4.79 Å². The van der Waals surface area contributed by atoms with E-state index in [2.05, 4.69) is 22.0 Å². The van der Waals surface area contributed by atoms with Crippen LogP contribution in [0.2, 0.25) is 0 Å². The van der Waals surface area contributed by atoms with Crippen molar-refractivity contribution in [3.8, 4) is 11.3 Å². The molecule has 0 radical (unpaired) electrons. The molecule has 3 heterocycles. The molecule has 1 fully saturated rings. The number of anilines is 1. The summed E-state index contributed by atoms with van der Waals surface area (Å²) in [6.45, 7) is 2.15. The van der Waals surface area contributed by atoms with Gasteiger partial charge in [0.1, 0.15) is 0 Å². The average Bonchev–Trinajstić information content (AvgIpc) is 3.18. The van der Waals surface area contributed by atoms with Gasteiger partial charge in [-0.05, 0) is 24.1 Å². The Hall–Kier alpha value is -2.99. The van der Waals surface area contributed by atoms with E-state index < -0.39 is 0 Å². The third-order valence-electron chi connectivity index (χ3n) is 4.84. The Morgan fingerprint density at radius 3 is 2.70 bits per heavy atom. The Balaban J connectivity index is 1.50. The quantitative estimate of drug-likeness (QED) is 0.698. The summed E-state index contributed by atoms with van der Waals surface area (Å²) in [6, 6.07) is 15.5. The molecule has 1 aromatic carbocycles. The maximum Gasteiger partial charge on any atom is 0.255 e. The fourth-order valence-electron chi connectivity index (χ4n) is 3.31. The highest BCUT2D eigenvalue weighted by molar-refractivity contribution is 5.59. The van der Waals surface area contributed by atoms with Crippen LogP contribution in [0.4, 0.5) is 5.95 Å². The normalized spacial score (nSPS) is 16.6. The van der Waals surface area contributed by atoms with E-state index in [0.29, 0.717) is 18.2 Å². The molecule has 1 unspecified atom stereocenters. The van der Waals surface area contributed by atoms with Crippen molar-refractivity contribution in [3.63, 3.8) is 0 Å². The molecule has 0 saturated carbocycles. The van der Waals surface area contributed by atoms with Crippen molar-refractivity contribution in [2.24, 2.45) is 7.05 Å². The number of benzene rings is 1. The van der Waals surface area contributed by atoms with Gasteiger partial charge < -0.3 is 9.64 Å². The fourth-order valence-corrected chi connectivity index (χ4v) is 3.31. The standard InChI is InChI=1S/C21H22N4O2/c1-24-20(26)13-19(17-7-10-22-11-8-17)23-21(24)25-12-9-18(14-25)27-15-16-5-3-2-4-6-16/h2-8,10-11,13,18H,9,12,14-15H2,1H3. The Morgan fingerprint density at radius 1 is 1.15 bits per heavy atom. The molecule has 1 saturated heterocycles. The molecule has 3 aromatic rings. The zero-order chi connectivity index (χ0) is 18.6. The van der Waals surface area contributed by atoms with Crippen LogP contribution in [0.5, 0.6) is 0 Å². The lowest BCUT2D eigenvalue weighted by atomic mass is 10.2. The molecule has 6 nitrogen and oxygen atoms in total. The van der Waals surface area contributed by atoms with Crippen molar-refractivity contribution >= 4 is 5.95 Å². The molecule has 4 rings (SSSR count). The Morgan fingerprint density at radius 2 is 1.93 bits per heavy atom. The van der Waals surface area contributed by atoms with Crippen molar-refractivity contribution in [3.05, 3.63) is 76.8 Å².